The number of rotatable bonds is 5. The zero-order valence-electron chi connectivity index (χ0n) is 10.9. The minimum Gasteiger partial charge on any atom is -0.316 e. The zero-order valence-corrected chi connectivity index (χ0v) is 11.7. The van der Waals surface area contributed by atoms with E-state index in [4.69, 9.17) is 0 Å². The van der Waals surface area contributed by atoms with Gasteiger partial charge in [-0.2, -0.15) is 0 Å². The average Bonchev–Trinajstić information content (AvgIpc) is 3.14. The molecule has 1 amide bonds. The van der Waals surface area contributed by atoms with E-state index in [2.05, 4.69) is 10.0 Å². The minimum atomic E-state index is -3.42. The SMILES string of the molecule is CCCC1(C(=O)NS(=O)(=O)C2CC2)CCCNC1. The van der Waals surface area contributed by atoms with Crippen LogP contribution in [0.5, 0.6) is 0 Å². The van der Waals surface area contributed by atoms with Crippen LogP contribution in [0.4, 0.5) is 0 Å². The number of nitrogens with one attached hydrogen (secondary N) is 2. The Hall–Kier alpha value is -0.620. The van der Waals surface area contributed by atoms with E-state index < -0.39 is 15.4 Å². The number of hydrogen-bond donors (Lipinski definition) is 2. The summed E-state index contributed by atoms with van der Waals surface area (Å²) in [6.45, 7) is 3.53. The lowest BCUT2D eigenvalue weighted by molar-refractivity contribution is -0.130. The van der Waals surface area contributed by atoms with E-state index in [0.29, 0.717) is 19.4 Å². The molecule has 1 saturated heterocycles. The van der Waals surface area contributed by atoms with Crippen molar-refractivity contribution in [2.75, 3.05) is 13.1 Å². The molecule has 5 nitrogen and oxygen atoms in total. The Bertz CT molecular complexity index is 404. The van der Waals surface area contributed by atoms with Gasteiger partial charge in [-0.05, 0) is 38.6 Å². The Morgan fingerprint density at radius 2 is 2.17 bits per heavy atom. The molecule has 2 N–H and O–H groups in total. The Morgan fingerprint density at radius 1 is 1.44 bits per heavy atom. The highest BCUT2D eigenvalue weighted by molar-refractivity contribution is 7.90. The van der Waals surface area contributed by atoms with Gasteiger partial charge in [-0.1, -0.05) is 13.3 Å². The Morgan fingerprint density at radius 3 is 2.67 bits per heavy atom. The summed E-state index contributed by atoms with van der Waals surface area (Å²) >= 11 is 0. The highest BCUT2D eigenvalue weighted by Gasteiger charge is 2.43. The summed E-state index contributed by atoms with van der Waals surface area (Å²) in [5, 5.41) is 2.88. The van der Waals surface area contributed by atoms with Crippen LogP contribution in [-0.2, 0) is 14.8 Å². The monoisotopic (exact) mass is 274 g/mol. The molecule has 2 fully saturated rings. The Kier molecular flexibility index (Phi) is 3.96. The van der Waals surface area contributed by atoms with Crippen molar-refractivity contribution in [3.63, 3.8) is 0 Å². The lowest BCUT2D eigenvalue weighted by Gasteiger charge is -2.35. The standard InChI is InChI=1S/C12H22N2O3S/c1-2-6-12(7-3-8-13-9-12)11(15)14-18(16,17)10-4-5-10/h10,13H,2-9H2,1H3,(H,14,15). The third-order valence-corrected chi connectivity index (χ3v) is 5.70. The van der Waals surface area contributed by atoms with Gasteiger partial charge < -0.3 is 5.32 Å². The fourth-order valence-electron chi connectivity index (χ4n) is 2.67. The van der Waals surface area contributed by atoms with Gasteiger partial charge in [-0.3, -0.25) is 9.52 Å². The summed E-state index contributed by atoms with van der Waals surface area (Å²) in [6.07, 6.45) is 4.70. The van der Waals surface area contributed by atoms with Crippen molar-refractivity contribution in [3.8, 4) is 0 Å². The van der Waals surface area contributed by atoms with E-state index in [-0.39, 0.29) is 11.2 Å². The summed E-state index contributed by atoms with van der Waals surface area (Å²) in [5.41, 5.74) is -0.533. The number of hydrogen-bond acceptors (Lipinski definition) is 4. The van der Waals surface area contributed by atoms with E-state index in [9.17, 15) is 13.2 Å². The van der Waals surface area contributed by atoms with Crippen LogP contribution >= 0.6 is 0 Å². The van der Waals surface area contributed by atoms with E-state index in [1.165, 1.54) is 0 Å². The van der Waals surface area contributed by atoms with Crippen LogP contribution < -0.4 is 10.0 Å². The molecule has 0 radical (unpaired) electrons. The smallest absolute Gasteiger partial charge is 0.240 e. The largest absolute Gasteiger partial charge is 0.316 e. The van der Waals surface area contributed by atoms with E-state index >= 15 is 0 Å². The third kappa shape index (κ3) is 2.85. The van der Waals surface area contributed by atoms with Crippen LogP contribution in [0.25, 0.3) is 0 Å². The number of sulfonamides is 1. The highest BCUT2D eigenvalue weighted by atomic mass is 32.2. The topological polar surface area (TPSA) is 75.3 Å². The van der Waals surface area contributed by atoms with E-state index in [1.807, 2.05) is 6.92 Å². The van der Waals surface area contributed by atoms with Gasteiger partial charge in [0.05, 0.1) is 10.7 Å². The summed E-state index contributed by atoms with van der Waals surface area (Å²) in [5.74, 6) is -0.302. The number of amides is 1. The fraction of sp³-hybridized carbons (Fsp3) is 0.917. The molecule has 0 aromatic carbocycles. The van der Waals surface area contributed by atoms with Crippen molar-refractivity contribution in [1.29, 1.82) is 0 Å². The second-order valence-corrected chi connectivity index (χ2v) is 7.45. The van der Waals surface area contributed by atoms with Gasteiger partial charge in [0.25, 0.3) is 0 Å². The van der Waals surface area contributed by atoms with Crippen LogP contribution in [0.1, 0.15) is 45.4 Å². The molecule has 1 heterocycles. The molecular weight excluding hydrogens is 252 g/mol. The molecule has 2 rings (SSSR count). The van der Waals surface area contributed by atoms with Gasteiger partial charge >= 0.3 is 0 Å². The molecule has 0 aromatic rings. The van der Waals surface area contributed by atoms with Crippen molar-refractivity contribution in [2.45, 2.75) is 50.7 Å². The van der Waals surface area contributed by atoms with Crippen molar-refractivity contribution in [1.82, 2.24) is 10.0 Å². The fourth-order valence-corrected chi connectivity index (χ4v) is 4.06. The van der Waals surface area contributed by atoms with Gasteiger partial charge in [-0.15, -0.1) is 0 Å². The van der Waals surface area contributed by atoms with Crippen LogP contribution in [0.2, 0.25) is 0 Å². The number of carbonyl (C=O) groups is 1. The molecule has 1 unspecified atom stereocenters. The van der Waals surface area contributed by atoms with Gasteiger partial charge in [0.2, 0.25) is 15.9 Å². The van der Waals surface area contributed by atoms with E-state index in [0.717, 1.165) is 32.2 Å². The third-order valence-electron chi connectivity index (χ3n) is 3.88. The predicted molar refractivity (Wildman–Crippen MR) is 69.5 cm³/mol. The summed E-state index contributed by atoms with van der Waals surface area (Å²) in [6, 6.07) is 0. The van der Waals surface area contributed by atoms with Crippen molar-refractivity contribution in [3.05, 3.63) is 0 Å². The number of carbonyl (C=O) groups excluding carboxylic acids is 1. The van der Waals surface area contributed by atoms with Crippen LogP contribution in [0.3, 0.4) is 0 Å². The molecule has 1 aliphatic heterocycles. The van der Waals surface area contributed by atoms with E-state index in [1.54, 1.807) is 0 Å². The first-order valence-electron chi connectivity index (χ1n) is 6.77. The lowest BCUT2D eigenvalue weighted by Crippen LogP contribution is -2.52. The van der Waals surface area contributed by atoms with Crippen molar-refractivity contribution >= 4 is 15.9 Å². The van der Waals surface area contributed by atoms with Crippen LogP contribution in [0, 0.1) is 5.41 Å². The Balaban J connectivity index is 2.08. The number of piperidine rings is 1. The molecule has 104 valence electrons. The highest BCUT2D eigenvalue weighted by Crippen LogP contribution is 2.33. The van der Waals surface area contributed by atoms with Crippen molar-refractivity contribution < 1.29 is 13.2 Å². The van der Waals surface area contributed by atoms with Crippen molar-refractivity contribution in [2.24, 2.45) is 5.41 Å². The molecule has 0 bridgehead atoms. The lowest BCUT2D eigenvalue weighted by atomic mass is 9.76. The molecule has 6 heteroatoms. The van der Waals surface area contributed by atoms with Gasteiger partial charge in [0.1, 0.15) is 0 Å². The Labute approximate surface area is 109 Å². The maximum atomic E-state index is 12.3. The van der Waals surface area contributed by atoms with Gasteiger partial charge in [-0.25, -0.2) is 8.42 Å². The first kappa shape index (κ1) is 13.8. The normalized spacial score (nSPS) is 28.9. The molecule has 18 heavy (non-hydrogen) atoms. The minimum absolute atomic E-state index is 0.302. The second-order valence-electron chi connectivity index (χ2n) is 5.49. The quantitative estimate of drug-likeness (QED) is 0.776. The maximum Gasteiger partial charge on any atom is 0.240 e. The maximum absolute atomic E-state index is 12.3. The van der Waals surface area contributed by atoms with Crippen LogP contribution in [-0.4, -0.2) is 32.7 Å². The zero-order chi connectivity index (χ0) is 13.2. The predicted octanol–water partition coefficient (Wildman–Crippen LogP) is 0.765. The summed E-state index contributed by atoms with van der Waals surface area (Å²) < 4.78 is 26.0. The van der Waals surface area contributed by atoms with Gasteiger partial charge in [0.15, 0.2) is 0 Å². The molecule has 0 aromatic heterocycles. The molecular formula is C12H22N2O3S. The first-order valence-corrected chi connectivity index (χ1v) is 8.31. The molecule has 1 atom stereocenters. The summed E-state index contributed by atoms with van der Waals surface area (Å²) in [4.78, 5) is 12.3. The van der Waals surface area contributed by atoms with Crippen LogP contribution in [0.15, 0.2) is 0 Å². The molecule has 2 aliphatic rings. The summed E-state index contributed by atoms with van der Waals surface area (Å²) in [7, 11) is -3.42. The molecule has 1 saturated carbocycles. The second kappa shape index (κ2) is 5.17. The molecule has 0 spiro atoms. The average molecular weight is 274 g/mol. The van der Waals surface area contributed by atoms with Gasteiger partial charge in [0, 0.05) is 6.54 Å². The first-order chi connectivity index (χ1) is 8.50. The molecule has 1 aliphatic carbocycles.